The van der Waals surface area contributed by atoms with Crippen molar-refractivity contribution in [2.75, 3.05) is 6.54 Å². The van der Waals surface area contributed by atoms with Crippen molar-refractivity contribution in [2.45, 2.75) is 6.42 Å². The van der Waals surface area contributed by atoms with E-state index < -0.39 is 0 Å². The Morgan fingerprint density at radius 2 is 2.29 bits per heavy atom. The molecule has 1 heterocycles. The molecule has 0 spiro atoms. The van der Waals surface area contributed by atoms with Crippen molar-refractivity contribution < 1.29 is 9.32 Å². The number of hydrogen-bond acceptors (Lipinski definition) is 3. The lowest BCUT2D eigenvalue weighted by molar-refractivity contribution is 0.0945. The lowest BCUT2D eigenvalue weighted by atomic mass is 10.1. The third-order valence-corrected chi connectivity index (χ3v) is 2.49. The predicted molar refractivity (Wildman–Crippen MR) is 64.0 cm³/mol. The summed E-state index contributed by atoms with van der Waals surface area (Å²) in [5, 5.41) is 7.00. The van der Waals surface area contributed by atoms with Crippen molar-refractivity contribution in [3.63, 3.8) is 0 Å². The van der Waals surface area contributed by atoms with Crippen LogP contribution in [-0.4, -0.2) is 17.6 Å². The van der Waals surface area contributed by atoms with Gasteiger partial charge >= 0.3 is 0 Å². The number of nitrogens with zero attached hydrogens (tertiary/aromatic N) is 1. The predicted octanol–water partition coefficient (Wildman–Crippen LogP) is 2.30. The second-order valence-electron chi connectivity index (χ2n) is 3.52. The Morgan fingerprint density at radius 3 is 3.00 bits per heavy atom. The third-order valence-electron chi connectivity index (χ3n) is 2.26. The molecule has 88 valence electrons. The highest BCUT2D eigenvalue weighted by Gasteiger charge is 2.07. The summed E-state index contributed by atoms with van der Waals surface area (Å²) < 4.78 is 4.59. The minimum absolute atomic E-state index is 0.235. The number of halogens is 1. The van der Waals surface area contributed by atoms with E-state index in [-0.39, 0.29) is 11.6 Å². The lowest BCUT2D eigenvalue weighted by Gasteiger charge is -2.03. The number of benzene rings is 1. The van der Waals surface area contributed by atoms with Gasteiger partial charge in [0.2, 0.25) is 0 Å². The van der Waals surface area contributed by atoms with Gasteiger partial charge in [0.05, 0.1) is 0 Å². The Kier molecular flexibility index (Phi) is 3.77. The number of aromatic nitrogens is 1. The lowest BCUT2D eigenvalue weighted by Crippen LogP contribution is -2.25. The van der Waals surface area contributed by atoms with Crippen LogP contribution < -0.4 is 5.32 Å². The van der Waals surface area contributed by atoms with Gasteiger partial charge in [0.1, 0.15) is 6.26 Å². The van der Waals surface area contributed by atoms with Crippen LogP contribution in [0.2, 0.25) is 5.02 Å². The van der Waals surface area contributed by atoms with E-state index in [0.717, 1.165) is 12.0 Å². The van der Waals surface area contributed by atoms with Crippen LogP contribution in [0.5, 0.6) is 0 Å². The first kappa shape index (κ1) is 11.7. The van der Waals surface area contributed by atoms with Gasteiger partial charge in [-0.05, 0) is 24.1 Å². The van der Waals surface area contributed by atoms with Gasteiger partial charge < -0.3 is 9.84 Å². The zero-order chi connectivity index (χ0) is 12.1. The van der Waals surface area contributed by atoms with Crippen molar-refractivity contribution >= 4 is 17.5 Å². The van der Waals surface area contributed by atoms with Crippen molar-refractivity contribution in [2.24, 2.45) is 0 Å². The second kappa shape index (κ2) is 5.50. The van der Waals surface area contributed by atoms with E-state index in [1.165, 1.54) is 12.3 Å². The van der Waals surface area contributed by atoms with E-state index in [1.54, 1.807) is 0 Å². The molecule has 1 amide bonds. The highest BCUT2D eigenvalue weighted by molar-refractivity contribution is 6.30. The van der Waals surface area contributed by atoms with Gasteiger partial charge in [0.15, 0.2) is 5.69 Å². The van der Waals surface area contributed by atoms with Gasteiger partial charge in [-0.1, -0.05) is 28.9 Å². The number of rotatable bonds is 4. The molecular formula is C12H11ClN2O2. The summed E-state index contributed by atoms with van der Waals surface area (Å²) >= 11 is 5.86. The standard InChI is InChI=1S/C12H11ClN2O2/c13-10-3-1-2-9(8-10)4-6-14-12(16)11-5-7-17-15-11/h1-3,5,7-8H,4,6H2,(H,14,16). The molecule has 0 fully saturated rings. The first-order chi connectivity index (χ1) is 8.25. The fourth-order valence-corrected chi connectivity index (χ4v) is 1.65. The molecule has 1 aromatic heterocycles. The normalized spacial score (nSPS) is 10.2. The quantitative estimate of drug-likeness (QED) is 0.906. The molecule has 0 saturated carbocycles. The zero-order valence-electron chi connectivity index (χ0n) is 9.02. The molecule has 0 aliphatic rings. The van der Waals surface area contributed by atoms with Crippen molar-refractivity contribution in [1.82, 2.24) is 10.5 Å². The van der Waals surface area contributed by atoms with Crippen LogP contribution in [-0.2, 0) is 6.42 Å². The van der Waals surface area contributed by atoms with E-state index in [9.17, 15) is 4.79 Å². The Morgan fingerprint density at radius 1 is 1.41 bits per heavy atom. The topological polar surface area (TPSA) is 55.1 Å². The summed E-state index contributed by atoms with van der Waals surface area (Å²) in [6.45, 7) is 0.534. The molecule has 1 N–H and O–H groups in total. The molecule has 0 radical (unpaired) electrons. The van der Waals surface area contributed by atoms with Crippen LogP contribution in [0.4, 0.5) is 0 Å². The van der Waals surface area contributed by atoms with Gasteiger partial charge in [0.25, 0.3) is 5.91 Å². The Balaban J connectivity index is 1.82. The largest absolute Gasteiger partial charge is 0.364 e. The van der Waals surface area contributed by atoms with Gasteiger partial charge in [-0.3, -0.25) is 4.79 Å². The van der Waals surface area contributed by atoms with Crippen LogP contribution >= 0.6 is 11.6 Å². The maximum atomic E-state index is 11.5. The summed E-state index contributed by atoms with van der Waals surface area (Å²) in [4.78, 5) is 11.5. The average molecular weight is 251 g/mol. The molecule has 0 unspecified atom stereocenters. The minimum atomic E-state index is -0.235. The number of carbonyl (C=O) groups is 1. The van der Waals surface area contributed by atoms with Crippen LogP contribution in [0, 0.1) is 0 Å². The van der Waals surface area contributed by atoms with E-state index in [1.807, 2.05) is 24.3 Å². The molecule has 0 bridgehead atoms. The van der Waals surface area contributed by atoms with E-state index in [4.69, 9.17) is 11.6 Å². The van der Waals surface area contributed by atoms with Gasteiger partial charge in [0, 0.05) is 17.6 Å². The monoisotopic (exact) mass is 250 g/mol. The first-order valence-electron chi connectivity index (χ1n) is 5.19. The first-order valence-corrected chi connectivity index (χ1v) is 5.56. The average Bonchev–Trinajstić information content (AvgIpc) is 2.82. The molecule has 4 nitrogen and oxygen atoms in total. The van der Waals surface area contributed by atoms with Crippen LogP contribution in [0.15, 0.2) is 41.1 Å². The number of nitrogens with one attached hydrogen (secondary N) is 1. The number of hydrogen-bond donors (Lipinski definition) is 1. The molecule has 2 aromatic rings. The highest BCUT2D eigenvalue weighted by atomic mass is 35.5. The fraction of sp³-hybridized carbons (Fsp3) is 0.167. The smallest absolute Gasteiger partial charge is 0.273 e. The van der Waals surface area contributed by atoms with Crippen LogP contribution in [0.3, 0.4) is 0 Å². The summed E-state index contributed by atoms with van der Waals surface area (Å²) in [7, 11) is 0. The molecule has 0 saturated heterocycles. The maximum absolute atomic E-state index is 11.5. The Bertz CT molecular complexity index is 497. The van der Waals surface area contributed by atoms with E-state index >= 15 is 0 Å². The van der Waals surface area contributed by atoms with Crippen molar-refractivity contribution in [3.05, 3.63) is 52.9 Å². The number of amides is 1. The highest BCUT2D eigenvalue weighted by Crippen LogP contribution is 2.10. The molecule has 2 rings (SSSR count). The summed E-state index contributed by atoms with van der Waals surface area (Å²) in [5.74, 6) is -0.235. The SMILES string of the molecule is O=C(NCCc1cccc(Cl)c1)c1ccon1. The molecule has 0 aliphatic carbocycles. The molecular weight excluding hydrogens is 240 g/mol. The van der Waals surface area contributed by atoms with Crippen molar-refractivity contribution in [1.29, 1.82) is 0 Å². The summed E-state index contributed by atoms with van der Waals surface area (Å²) in [5.41, 5.74) is 1.37. The Hall–Kier alpha value is -1.81. The Labute approximate surface area is 104 Å². The van der Waals surface area contributed by atoms with E-state index in [2.05, 4.69) is 15.0 Å². The van der Waals surface area contributed by atoms with Crippen molar-refractivity contribution in [3.8, 4) is 0 Å². The second-order valence-corrected chi connectivity index (χ2v) is 3.96. The van der Waals surface area contributed by atoms with E-state index in [0.29, 0.717) is 11.6 Å². The molecule has 17 heavy (non-hydrogen) atoms. The fourth-order valence-electron chi connectivity index (χ4n) is 1.43. The molecule has 0 aliphatic heterocycles. The molecule has 5 heteroatoms. The minimum Gasteiger partial charge on any atom is -0.364 e. The van der Waals surface area contributed by atoms with Gasteiger partial charge in [-0.15, -0.1) is 0 Å². The number of carbonyl (C=O) groups excluding carboxylic acids is 1. The summed E-state index contributed by atoms with van der Waals surface area (Å²) in [6, 6.07) is 9.07. The summed E-state index contributed by atoms with van der Waals surface area (Å²) in [6.07, 6.45) is 2.09. The van der Waals surface area contributed by atoms with Crippen LogP contribution in [0.1, 0.15) is 16.1 Å². The maximum Gasteiger partial charge on any atom is 0.273 e. The van der Waals surface area contributed by atoms with Gasteiger partial charge in [-0.2, -0.15) is 0 Å². The zero-order valence-corrected chi connectivity index (χ0v) is 9.78. The third kappa shape index (κ3) is 3.32. The van der Waals surface area contributed by atoms with Crippen LogP contribution in [0.25, 0.3) is 0 Å². The molecule has 0 atom stereocenters. The van der Waals surface area contributed by atoms with Gasteiger partial charge in [-0.25, -0.2) is 0 Å². The molecule has 1 aromatic carbocycles.